The molecule has 0 aliphatic carbocycles. The second-order valence-electron chi connectivity index (χ2n) is 4.47. The van der Waals surface area contributed by atoms with Crippen molar-refractivity contribution >= 4 is 17.0 Å². The van der Waals surface area contributed by atoms with Gasteiger partial charge >= 0.3 is 5.97 Å². The molecule has 5 nitrogen and oxygen atoms in total. The summed E-state index contributed by atoms with van der Waals surface area (Å²) in [4.78, 5) is 15.2. The number of hydrogen-bond donors (Lipinski definition) is 2. The summed E-state index contributed by atoms with van der Waals surface area (Å²) in [7, 11) is 0. The Hall–Kier alpha value is -1.88. The zero-order valence-corrected chi connectivity index (χ0v) is 11.0. The first-order valence-electron chi connectivity index (χ1n) is 6.46. The Morgan fingerprint density at radius 3 is 2.84 bits per heavy atom. The van der Waals surface area contributed by atoms with Crippen molar-refractivity contribution in [3.63, 3.8) is 0 Å². The van der Waals surface area contributed by atoms with Gasteiger partial charge in [0.1, 0.15) is 5.82 Å². The van der Waals surface area contributed by atoms with Crippen molar-refractivity contribution in [3.8, 4) is 0 Å². The molecule has 0 aliphatic heterocycles. The number of rotatable bonds is 6. The van der Waals surface area contributed by atoms with Gasteiger partial charge < -0.3 is 14.8 Å². The number of benzene rings is 1. The largest absolute Gasteiger partial charge is 0.481 e. The summed E-state index contributed by atoms with van der Waals surface area (Å²) >= 11 is 0. The number of carboxylic acids is 1. The molecule has 2 rings (SSSR count). The first-order chi connectivity index (χ1) is 9.15. The summed E-state index contributed by atoms with van der Waals surface area (Å²) in [5.41, 5.74) is 3.02. The maximum atomic E-state index is 10.7. The van der Waals surface area contributed by atoms with Gasteiger partial charge in [0.05, 0.1) is 24.1 Å². The van der Waals surface area contributed by atoms with E-state index in [1.54, 1.807) is 0 Å². The molecule has 1 aromatic heterocycles. The SMILES string of the molecule is CCc1ccc2c(c1)nc(CCC(=O)O)n2CCO. The van der Waals surface area contributed by atoms with Gasteiger partial charge in [0.2, 0.25) is 0 Å². The summed E-state index contributed by atoms with van der Waals surface area (Å²) < 4.78 is 1.90. The number of aliphatic carboxylic acids is 1. The van der Waals surface area contributed by atoms with E-state index in [2.05, 4.69) is 11.9 Å². The Kier molecular flexibility index (Phi) is 4.16. The van der Waals surface area contributed by atoms with E-state index < -0.39 is 5.97 Å². The van der Waals surface area contributed by atoms with Crippen LogP contribution in [-0.2, 0) is 24.2 Å². The van der Waals surface area contributed by atoms with Gasteiger partial charge in [0.15, 0.2) is 0 Å². The highest BCUT2D eigenvalue weighted by Gasteiger charge is 2.12. The lowest BCUT2D eigenvalue weighted by atomic mass is 10.1. The first kappa shape index (κ1) is 13.5. The van der Waals surface area contributed by atoms with Crippen molar-refractivity contribution in [2.24, 2.45) is 0 Å². The number of aromatic nitrogens is 2. The van der Waals surface area contributed by atoms with E-state index in [0.29, 0.717) is 13.0 Å². The third-order valence-corrected chi connectivity index (χ3v) is 3.19. The minimum Gasteiger partial charge on any atom is -0.481 e. The fraction of sp³-hybridized carbons (Fsp3) is 0.429. The predicted molar refractivity (Wildman–Crippen MR) is 72.2 cm³/mol. The fourth-order valence-corrected chi connectivity index (χ4v) is 2.20. The highest BCUT2D eigenvalue weighted by molar-refractivity contribution is 5.77. The molecule has 0 saturated carbocycles. The van der Waals surface area contributed by atoms with E-state index in [9.17, 15) is 4.79 Å². The lowest BCUT2D eigenvalue weighted by Crippen LogP contribution is -2.09. The topological polar surface area (TPSA) is 75.3 Å². The van der Waals surface area contributed by atoms with Crippen LogP contribution in [0.5, 0.6) is 0 Å². The molecule has 0 aliphatic rings. The Morgan fingerprint density at radius 2 is 2.21 bits per heavy atom. The summed E-state index contributed by atoms with van der Waals surface area (Å²) in [6, 6.07) is 6.05. The molecule has 2 N–H and O–H groups in total. The quantitative estimate of drug-likeness (QED) is 0.829. The average Bonchev–Trinajstić information content (AvgIpc) is 2.74. The molecule has 0 saturated heterocycles. The molecule has 5 heteroatoms. The molecule has 2 aromatic rings. The van der Waals surface area contributed by atoms with E-state index in [-0.39, 0.29) is 13.0 Å². The van der Waals surface area contributed by atoms with Crippen molar-refractivity contribution in [2.75, 3.05) is 6.61 Å². The maximum absolute atomic E-state index is 10.7. The number of fused-ring (bicyclic) bond motifs is 1. The number of imidazole rings is 1. The Balaban J connectivity index is 2.42. The fourth-order valence-electron chi connectivity index (χ4n) is 2.20. The summed E-state index contributed by atoms with van der Waals surface area (Å²) in [6.45, 7) is 2.54. The van der Waals surface area contributed by atoms with Crippen LogP contribution in [0.2, 0.25) is 0 Å². The number of aryl methyl sites for hydroxylation is 2. The highest BCUT2D eigenvalue weighted by atomic mass is 16.4. The molecule has 0 spiro atoms. The molecule has 0 fully saturated rings. The second-order valence-corrected chi connectivity index (χ2v) is 4.47. The van der Waals surface area contributed by atoms with Gasteiger partial charge in [0.25, 0.3) is 0 Å². The third-order valence-electron chi connectivity index (χ3n) is 3.19. The van der Waals surface area contributed by atoms with Crippen LogP contribution in [0.25, 0.3) is 11.0 Å². The van der Waals surface area contributed by atoms with Gasteiger partial charge in [-0.05, 0) is 24.1 Å². The van der Waals surface area contributed by atoms with Crippen molar-refractivity contribution in [1.82, 2.24) is 9.55 Å². The number of carboxylic acid groups (broad SMARTS) is 1. The van der Waals surface area contributed by atoms with E-state index in [4.69, 9.17) is 10.2 Å². The van der Waals surface area contributed by atoms with Crippen molar-refractivity contribution in [1.29, 1.82) is 0 Å². The van der Waals surface area contributed by atoms with Crippen molar-refractivity contribution < 1.29 is 15.0 Å². The Bertz CT molecular complexity index is 590. The molecule has 1 aromatic carbocycles. The molecule has 0 atom stereocenters. The molecule has 1 heterocycles. The molecular formula is C14H18N2O3. The molecule has 0 radical (unpaired) electrons. The Labute approximate surface area is 111 Å². The predicted octanol–water partition coefficient (Wildman–Crippen LogP) is 1.61. The lowest BCUT2D eigenvalue weighted by Gasteiger charge is -2.06. The maximum Gasteiger partial charge on any atom is 0.303 e. The second kappa shape index (κ2) is 5.84. The monoisotopic (exact) mass is 262 g/mol. The van der Waals surface area contributed by atoms with E-state index in [1.807, 2.05) is 22.8 Å². The third kappa shape index (κ3) is 2.93. The van der Waals surface area contributed by atoms with Crippen molar-refractivity contribution in [3.05, 3.63) is 29.6 Å². The average molecular weight is 262 g/mol. The van der Waals surface area contributed by atoms with Crippen LogP contribution in [0.1, 0.15) is 24.7 Å². The zero-order chi connectivity index (χ0) is 13.8. The Morgan fingerprint density at radius 1 is 1.42 bits per heavy atom. The molecule has 0 amide bonds. The normalized spacial score (nSPS) is 11.1. The van der Waals surface area contributed by atoms with Gasteiger partial charge in [-0.1, -0.05) is 13.0 Å². The molecule has 0 bridgehead atoms. The van der Waals surface area contributed by atoms with Crippen LogP contribution in [0.3, 0.4) is 0 Å². The van der Waals surface area contributed by atoms with Gasteiger partial charge in [-0.25, -0.2) is 4.98 Å². The standard InChI is InChI=1S/C14H18N2O3/c1-2-10-3-4-12-11(9-10)15-13(5-6-14(18)19)16(12)7-8-17/h3-4,9,17H,2,5-8H2,1H3,(H,18,19). The minimum atomic E-state index is -0.836. The summed E-state index contributed by atoms with van der Waals surface area (Å²) in [5, 5.41) is 17.9. The van der Waals surface area contributed by atoms with Gasteiger partial charge in [-0.2, -0.15) is 0 Å². The molecule has 102 valence electrons. The van der Waals surface area contributed by atoms with Crippen molar-refractivity contribution in [2.45, 2.75) is 32.7 Å². The highest BCUT2D eigenvalue weighted by Crippen LogP contribution is 2.19. The van der Waals surface area contributed by atoms with E-state index >= 15 is 0 Å². The number of carbonyl (C=O) groups is 1. The van der Waals surface area contributed by atoms with E-state index in [1.165, 1.54) is 5.56 Å². The van der Waals surface area contributed by atoms with Crippen LogP contribution in [0.4, 0.5) is 0 Å². The number of aliphatic hydroxyl groups excluding tert-OH is 1. The van der Waals surface area contributed by atoms with Crippen LogP contribution in [0.15, 0.2) is 18.2 Å². The first-order valence-corrected chi connectivity index (χ1v) is 6.46. The molecule has 19 heavy (non-hydrogen) atoms. The van der Waals surface area contributed by atoms with Crippen LogP contribution in [-0.4, -0.2) is 32.3 Å². The number of hydrogen-bond acceptors (Lipinski definition) is 3. The zero-order valence-electron chi connectivity index (χ0n) is 11.0. The minimum absolute atomic E-state index is 0.0149. The number of aliphatic hydroxyl groups is 1. The van der Waals surface area contributed by atoms with E-state index in [0.717, 1.165) is 23.3 Å². The molecule has 0 unspecified atom stereocenters. The van der Waals surface area contributed by atoms with Crippen LogP contribution in [0, 0.1) is 0 Å². The number of nitrogens with zero attached hydrogens (tertiary/aromatic N) is 2. The summed E-state index contributed by atoms with van der Waals surface area (Å²) in [6.07, 6.45) is 1.37. The van der Waals surface area contributed by atoms with Crippen LogP contribution >= 0.6 is 0 Å². The molecular weight excluding hydrogens is 244 g/mol. The van der Waals surface area contributed by atoms with Crippen LogP contribution < -0.4 is 0 Å². The van der Waals surface area contributed by atoms with Gasteiger partial charge in [-0.15, -0.1) is 0 Å². The van der Waals surface area contributed by atoms with Gasteiger partial charge in [-0.3, -0.25) is 4.79 Å². The lowest BCUT2D eigenvalue weighted by molar-refractivity contribution is -0.137. The van der Waals surface area contributed by atoms with Gasteiger partial charge in [0, 0.05) is 13.0 Å². The smallest absolute Gasteiger partial charge is 0.303 e. The summed E-state index contributed by atoms with van der Waals surface area (Å²) in [5.74, 6) is -0.114.